The second-order valence-electron chi connectivity index (χ2n) is 7.59. The summed E-state index contributed by atoms with van der Waals surface area (Å²) in [7, 11) is 0. The van der Waals surface area contributed by atoms with Crippen LogP contribution in [0.2, 0.25) is 0 Å². The Kier molecular flexibility index (Phi) is 4.52. The highest BCUT2D eigenvalue weighted by Gasteiger charge is 2.36. The smallest absolute Gasteiger partial charge is 0.266 e. The standard InChI is InChI=1S/C25H18N4O3/c1-14-15(2)27-22-13-17(9-12-21(22)26-14)28-23(30)16-7-10-18(11-8-16)29-24(31)19-5-3-4-6-20(19)25(29)32/h3-13H,1-2H3,(H,28,30). The highest BCUT2D eigenvalue weighted by atomic mass is 16.2. The molecule has 1 aliphatic rings. The zero-order chi connectivity index (χ0) is 22.4. The van der Waals surface area contributed by atoms with Crippen molar-refractivity contribution in [3.05, 3.63) is 94.8 Å². The van der Waals surface area contributed by atoms with Gasteiger partial charge in [0, 0.05) is 11.3 Å². The molecule has 0 aliphatic carbocycles. The summed E-state index contributed by atoms with van der Waals surface area (Å²) in [5, 5.41) is 2.85. The van der Waals surface area contributed by atoms with Gasteiger partial charge in [0.05, 0.1) is 39.2 Å². The topological polar surface area (TPSA) is 92.3 Å². The lowest BCUT2D eigenvalue weighted by Gasteiger charge is -2.14. The minimum absolute atomic E-state index is 0.310. The molecule has 2 heterocycles. The van der Waals surface area contributed by atoms with Crippen LogP contribution in [-0.4, -0.2) is 27.7 Å². The van der Waals surface area contributed by atoms with Crippen LogP contribution in [0.5, 0.6) is 0 Å². The average molecular weight is 422 g/mol. The van der Waals surface area contributed by atoms with Crippen LogP contribution in [0, 0.1) is 13.8 Å². The molecule has 0 atom stereocenters. The van der Waals surface area contributed by atoms with Crippen molar-refractivity contribution in [2.45, 2.75) is 13.8 Å². The van der Waals surface area contributed by atoms with E-state index in [4.69, 9.17) is 0 Å². The van der Waals surface area contributed by atoms with Gasteiger partial charge in [-0.3, -0.25) is 14.4 Å². The maximum absolute atomic E-state index is 12.7. The highest BCUT2D eigenvalue weighted by molar-refractivity contribution is 6.34. The number of anilines is 2. The van der Waals surface area contributed by atoms with Crippen LogP contribution in [0.4, 0.5) is 11.4 Å². The maximum atomic E-state index is 12.7. The molecular formula is C25H18N4O3. The number of benzene rings is 3. The van der Waals surface area contributed by atoms with Crippen molar-refractivity contribution in [3.8, 4) is 0 Å². The van der Waals surface area contributed by atoms with E-state index in [9.17, 15) is 14.4 Å². The van der Waals surface area contributed by atoms with Gasteiger partial charge >= 0.3 is 0 Å². The number of fused-ring (bicyclic) bond motifs is 2. The predicted molar refractivity (Wildman–Crippen MR) is 121 cm³/mol. The Morgan fingerprint density at radius 2 is 1.38 bits per heavy atom. The molecule has 0 spiro atoms. The summed E-state index contributed by atoms with van der Waals surface area (Å²) < 4.78 is 0. The maximum Gasteiger partial charge on any atom is 0.266 e. The molecule has 0 radical (unpaired) electrons. The predicted octanol–water partition coefficient (Wildman–Crippen LogP) is 4.30. The number of hydrogen-bond acceptors (Lipinski definition) is 5. The molecule has 7 nitrogen and oxygen atoms in total. The van der Waals surface area contributed by atoms with E-state index in [1.165, 1.54) is 0 Å². The number of amides is 3. The fourth-order valence-electron chi connectivity index (χ4n) is 3.70. The van der Waals surface area contributed by atoms with Gasteiger partial charge in [0.25, 0.3) is 17.7 Å². The number of hydrogen-bond donors (Lipinski definition) is 1. The average Bonchev–Trinajstić information content (AvgIpc) is 3.05. The van der Waals surface area contributed by atoms with Gasteiger partial charge in [-0.15, -0.1) is 0 Å². The fraction of sp³-hybridized carbons (Fsp3) is 0.0800. The summed E-state index contributed by atoms with van der Waals surface area (Å²) in [5.74, 6) is -1.05. The van der Waals surface area contributed by atoms with E-state index in [-0.39, 0.29) is 17.7 Å². The van der Waals surface area contributed by atoms with E-state index in [0.29, 0.717) is 33.6 Å². The molecule has 0 fully saturated rings. The second kappa shape index (κ2) is 7.39. The van der Waals surface area contributed by atoms with E-state index in [0.717, 1.165) is 21.8 Å². The molecule has 0 saturated carbocycles. The number of imide groups is 1. The van der Waals surface area contributed by atoms with Crippen LogP contribution >= 0.6 is 0 Å². The van der Waals surface area contributed by atoms with Gasteiger partial charge in [0.15, 0.2) is 0 Å². The summed E-state index contributed by atoms with van der Waals surface area (Å²) in [6.07, 6.45) is 0. The number of aryl methyl sites for hydroxylation is 2. The minimum atomic E-state index is -0.370. The SMILES string of the molecule is Cc1nc2ccc(NC(=O)c3ccc(N4C(=O)c5ccccc5C4=O)cc3)cc2nc1C. The molecule has 32 heavy (non-hydrogen) atoms. The first-order valence-corrected chi connectivity index (χ1v) is 10.1. The Labute approximate surface area is 183 Å². The van der Waals surface area contributed by atoms with Crippen LogP contribution in [0.3, 0.4) is 0 Å². The van der Waals surface area contributed by atoms with Gasteiger partial charge < -0.3 is 5.32 Å². The van der Waals surface area contributed by atoms with Gasteiger partial charge in [-0.25, -0.2) is 14.9 Å². The Bertz CT molecular complexity index is 1390. The largest absolute Gasteiger partial charge is 0.322 e. The minimum Gasteiger partial charge on any atom is -0.322 e. The van der Waals surface area contributed by atoms with Crippen molar-refractivity contribution < 1.29 is 14.4 Å². The van der Waals surface area contributed by atoms with Gasteiger partial charge in [0.1, 0.15) is 0 Å². The third-order valence-electron chi connectivity index (χ3n) is 5.51. The molecule has 0 bridgehead atoms. The summed E-state index contributed by atoms with van der Waals surface area (Å²) >= 11 is 0. The Balaban J connectivity index is 1.36. The molecule has 4 aromatic rings. The lowest BCUT2D eigenvalue weighted by molar-refractivity contribution is 0.0925. The number of rotatable bonds is 3. The molecule has 0 saturated heterocycles. The van der Waals surface area contributed by atoms with Crippen molar-refractivity contribution in [3.63, 3.8) is 0 Å². The highest BCUT2D eigenvalue weighted by Crippen LogP contribution is 2.28. The molecule has 1 aliphatic heterocycles. The Hall–Kier alpha value is -4.39. The van der Waals surface area contributed by atoms with Crippen molar-refractivity contribution in [1.82, 2.24) is 9.97 Å². The van der Waals surface area contributed by atoms with Gasteiger partial charge in [-0.05, 0) is 68.4 Å². The summed E-state index contributed by atoms with van der Waals surface area (Å²) in [6.45, 7) is 3.80. The molecular weight excluding hydrogens is 404 g/mol. The van der Waals surface area contributed by atoms with Crippen LogP contribution in [-0.2, 0) is 0 Å². The van der Waals surface area contributed by atoms with Crippen molar-refractivity contribution in [1.29, 1.82) is 0 Å². The molecule has 7 heteroatoms. The first-order chi connectivity index (χ1) is 15.4. The molecule has 156 valence electrons. The first-order valence-electron chi connectivity index (χ1n) is 10.1. The Morgan fingerprint density at radius 1 is 0.781 bits per heavy atom. The summed E-state index contributed by atoms with van der Waals surface area (Å²) in [5.41, 5.74) is 5.34. The quantitative estimate of drug-likeness (QED) is 0.497. The van der Waals surface area contributed by atoms with Crippen LogP contribution in [0.15, 0.2) is 66.7 Å². The van der Waals surface area contributed by atoms with Gasteiger partial charge in [0.2, 0.25) is 0 Å². The third-order valence-corrected chi connectivity index (χ3v) is 5.51. The summed E-state index contributed by atoms with van der Waals surface area (Å²) in [4.78, 5) is 48.1. The van der Waals surface area contributed by atoms with Crippen LogP contribution < -0.4 is 10.2 Å². The lowest BCUT2D eigenvalue weighted by Crippen LogP contribution is -2.29. The van der Waals surface area contributed by atoms with Gasteiger partial charge in [-0.2, -0.15) is 0 Å². The van der Waals surface area contributed by atoms with E-state index in [1.54, 1.807) is 60.7 Å². The summed E-state index contributed by atoms with van der Waals surface area (Å²) in [6, 6.07) is 18.4. The number of aromatic nitrogens is 2. The second-order valence-corrected chi connectivity index (χ2v) is 7.59. The number of nitrogens with zero attached hydrogens (tertiary/aromatic N) is 3. The molecule has 3 amide bonds. The molecule has 1 aromatic heterocycles. The van der Waals surface area contributed by atoms with Crippen molar-refractivity contribution >= 4 is 40.1 Å². The zero-order valence-corrected chi connectivity index (χ0v) is 17.4. The van der Waals surface area contributed by atoms with Crippen molar-refractivity contribution in [2.24, 2.45) is 0 Å². The van der Waals surface area contributed by atoms with Crippen LogP contribution in [0.1, 0.15) is 42.5 Å². The van der Waals surface area contributed by atoms with E-state index < -0.39 is 0 Å². The van der Waals surface area contributed by atoms with E-state index >= 15 is 0 Å². The van der Waals surface area contributed by atoms with Crippen LogP contribution in [0.25, 0.3) is 11.0 Å². The lowest BCUT2D eigenvalue weighted by atomic mass is 10.1. The molecule has 1 N–H and O–H groups in total. The first kappa shape index (κ1) is 19.6. The fourth-order valence-corrected chi connectivity index (χ4v) is 3.70. The zero-order valence-electron chi connectivity index (χ0n) is 17.4. The van der Waals surface area contributed by atoms with E-state index in [2.05, 4.69) is 15.3 Å². The normalized spacial score (nSPS) is 12.9. The third kappa shape index (κ3) is 3.20. The molecule has 5 rings (SSSR count). The monoisotopic (exact) mass is 422 g/mol. The van der Waals surface area contributed by atoms with Gasteiger partial charge in [-0.1, -0.05) is 12.1 Å². The number of carbonyl (C=O) groups excluding carboxylic acids is 3. The number of carbonyl (C=O) groups is 3. The number of nitrogens with one attached hydrogen (secondary N) is 1. The van der Waals surface area contributed by atoms with Crippen molar-refractivity contribution in [2.75, 3.05) is 10.2 Å². The molecule has 3 aromatic carbocycles. The van der Waals surface area contributed by atoms with E-state index in [1.807, 2.05) is 19.9 Å². The Morgan fingerprint density at radius 3 is 2.00 bits per heavy atom. The molecule has 0 unspecified atom stereocenters.